The molecule has 1 fully saturated rings. The number of hydrogen-bond acceptors (Lipinski definition) is 3. The second kappa shape index (κ2) is 8.01. The molecular weight excluding hydrogens is 316 g/mol. The van der Waals surface area contributed by atoms with Gasteiger partial charge in [-0.05, 0) is 49.4 Å². The van der Waals surface area contributed by atoms with E-state index in [0.717, 1.165) is 49.9 Å². The Morgan fingerprint density at radius 2 is 2.10 bits per heavy atom. The first-order valence-corrected chi connectivity index (χ1v) is 8.38. The first kappa shape index (κ1) is 15.8. The van der Waals surface area contributed by atoms with Crippen LogP contribution in [0.5, 0.6) is 0 Å². The largest absolute Gasteiger partial charge is 0.396 e. The summed E-state index contributed by atoms with van der Waals surface area (Å²) in [6.07, 6.45) is 3.34. The number of halogens is 1. The van der Waals surface area contributed by atoms with E-state index in [1.807, 2.05) is 0 Å². The van der Waals surface area contributed by atoms with Crippen LogP contribution in [0.2, 0.25) is 0 Å². The third kappa shape index (κ3) is 4.21. The molecule has 20 heavy (non-hydrogen) atoms. The van der Waals surface area contributed by atoms with Crippen molar-refractivity contribution in [3.05, 3.63) is 28.2 Å². The van der Waals surface area contributed by atoms with Gasteiger partial charge in [-0.3, -0.25) is 0 Å². The van der Waals surface area contributed by atoms with Gasteiger partial charge in [0.25, 0.3) is 0 Å². The average molecular weight is 341 g/mol. The van der Waals surface area contributed by atoms with Crippen LogP contribution in [0.25, 0.3) is 0 Å². The maximum atomic E-state index is 9.25. The van der Waals surface area contributed by atoms with Crippen LogP contribution in [-0.4, -0.2) is 31.3 Å². The molecule has 0 bridgehead atoms. The van der Waals surface area contributed by atoms with Crippen molar-refractivity contribution in [3.63, 3.8) is 0 Å². The van der Waals surface area contributed by atoms with Crippen molar-refractivity contribution in [1.82, 2.24) is 5.32 Å². The topological polar surface area (TPSA) is 35.5 Å². The molecule has 3 nitrogen and oxygen atoms in total. The van der Waals surface area contributed by atoms with E-state index in [9.17, 15) is 5.11 Å². The summed E-state index contributed by atoms with van der Waals surface area (Å²) in [5.74, 6) is 0.486. The lowest BCUT2D eigenvalue weighted by Crippen LogP contribution is -2.35. The lowest BCUT2D eigenvalue weighted by Gasteiger charge is -2.34. The van der Waals surface area contributed by atoms with Crippen molar-refractivity contribution in [2.75, 3.05) is 31.1 Å². The van der Waals surface area contributed by atoms with Gasteiger partial charge < -0.3 is 15.3 Å². The van der Waals surface area contributed by atoms with E-state index in [1.54, 1.807) is 0 Å². The molecule has 1 heterocycles. The Labute approximate surface area is 130 Å². The molecule has 0 saturated carbocycles. The molecule has 0 aliphatic carbocycles. The highest BCUT2D eigenvalue weighted by Gasteiger charge is 2.20. The van der Waals surface area contributed by atoms with Crippen molar-refractivity contribution in [2.24, 2.45) is 5.92 Å². The van der Waals surface area contributed by atoms with E-state index < -0.39 is 0 Å². The van der Waals surface area contributed by atoms with E-state index in [-0.39, 0.29) is 0 Å². The van der Waals surface area contributed by atoms with Gasteiger partial charge in [-0.25, -0.2) is 0 Å². The Morgan fingerprint density at radius 3 is 2.75 bits per heavy atom. The predicted octanol–water partition coefficient (Wildman–Crippen LogP) is 3.16. The quantitative estimate of drug-likeness (QED) is 0.781. The SMILES string of the molecule is CCCNCc1ccc(Br)cc1N1CCC(CO)CC1. The third-order valence-electron chi connectivity index (χ3n) is 4.00. The van der Waals surface area contributed by atoms with Crippen LogP contribution in [0.15, 0.2) is 22.7 Å². The van der Waals surface area contributed by atoms with Crippen LogP contribution in [0.4, 0.5) is 5.69 Å². The fourth-order valence-electron chi connectivity index (χ4n) is 2.74. The fraction of sp³-hybridized carbons (Fsp3) is 0.625. The molecular formula is C16H25BrN2O. The standard InChI is InChI=1S/C16H25BrN2O/c1-2-7-18-11-14-3-4-15(17)10-16(14)19-8-5-13(12-20)6-9-19/h3-4,10,13,18,20H,2,5-9,11-12H2,1H3. The van der Waals surface area contributed by atoms with Gasteiger partial charge >= 0.3 is 0 Å². The number of aliphatic hydroxyl groups excluding tert-OH is 1. The normalized spacial score (nSPS) is 16.6. The minimum Gasteiger partial charge on any atom is -0.396 e. The van der Waals surface area contributed by atoms with E-state index in [2.05, 4.69) is 51.3 Å². The van der Waals surface area contributed by atoms with Crippen molar-refractivity contribution < 1.29 is 5.11 Å². The van der Waals surface area contributed by atoms with Crippen LogP contribution in [0.1, 0.15) is 31.7 Å². The van der Waals surface area contributed by atoms with Crippen molar-refractivity contribution in [2.45, 2.75) is 32.7 Å². The summed E-state index contributed by atoms with van der Waals surface area (Å²) in [7, 11) is 0. The lowest BCUT2D eigenvalue weighted by molar-refractivity contribution is 0.203. The molecule has 4 heteroatoms. The number of nitrogens with one attached hydrogen (secondary N) is 1. The minimum atomic E-state index is 0.331. The number of anilines is 1. The van der Waals surface area contributed by atoms with Gasteiger partial charge in [0.2, 0.25) is 0 Å². The zero-order chi connectivity index (χ0) is 14.4. The Hall–Kier alpha value is -0.580. The number of hydrogen-bond donors (Lipinski definition) is 2. The van der Waals surface area contributed by atoms with E-state index >= 15 is 0 Å². The molecule has 0 amide bonds. The smallest absolute Gasteiger partial charge is 0.0460 e. The molecule has 0 radical (unpaired) electrons. The van der Waals surface area contributed by atoms with Gasteiger partial charge in [0.15, 0.2) is 0 Å². The summed E-state index contributed by atoms with van der Waals surface area (Å²) >= 11 is 3.58. The van der Waals surface area contributed by atoms with Crippen LogP contribution in [-0.2, 0) is 6.54 Å². The number of benzene rings is 1. The fourth-order valence-corrected chi connectivity index (χ4v) is 3.09. The maximum absolute atomic E-state index is 9.25. The Kier molecular flexibility index (Phi) is 6.33. The minimum absolute atomic E-state index is 0.331. The average Bonchev–Trinajstić information content (AvgIpc) is 2.49. The molecule has 2 N–H and O–H groups in total. The molecule has 1 aliphatic rings. The Bertz CT molecular complexity index is 417. The molecule has 0 unspecified atom stereocenters. The Morgan fingerprint density at radius 1 is 1.35 bits per heavy atom. The Balaban J connectivity index is 2.06. The number of rotatable bonds is 6. The van der Waals surface area contributed by atoms with Gasteiger partial charge in [0, 0.05) is 36.4 Å². The molecule has 1 saturated heterocycles. The predicted molar refractivity (Wildman–Crippen MR) is 88.2 cm³/mol. The van der Waals surface area contributed by atoms with E-state index in [4.69, 9.17) is 0 Å². The number of piperidine rings is 1. The van der Waals surface area contributed by atoms with E-state index in [1.165, 1.54) is 11.3 Å². The summed E-state index contributed by atoms with van der Waals surface area (Å²) in [6, 6.07) is 6.55. The number of aliphatic hydroxyl groups is 1. The van der Waals surface area contributed by atoms with Gasteiger partial charge in [-0.15, -0.1) is 0 Å². The summed E-state index contributed by atoms with van der Waals surface area (Å²) < 4.78 is 1.14. The summed E-state index contributed by atoms with van der Waals surface area (Å²) in [4.78, 5) is 2.46. The zero-order valence-corrected chi connectivity index (χ0v) is 13.8. The van der Waals surface area contributed by atoms with E-state index in [0.29, 0.717) is 12.5 Å². The molecule has 1 aromatic carbocycles. The molecule has 1 aromatic rings. The van der Waals surface area contributed by atoms with Crippen LogP contribution in [0, 0.1) is 5.92 Å². The van der Waals surface area contributed by atoms with Crippen LogP contribution >= 0.6 is 15.9 Å². The number of nitrogens with zero attached hydrogens (tertiary/aromatic N) is 1. The summed E-state index contributed by atoms with van der Waals surface area (Å²) in [6.45, 7) is 6.59. The van der Waals surface area contributed by atoms with Crippen LogP contribution < -0.4 is 10.2 Å². The van der Waals surface area contributed by atoms with Gasteiger partial charge in [-0.1, -0.05) is 28.9 Å². The second-order valence-electron chi connectivity index (χ2n) is 5.56. The monoisotopic (exact) mass is 340 g/mol. The zero-order valence-electron chi connectivity index (χ0n) is 12.2. The molecule has 2 rings (SSSR count). The highest BCUT2D eigenvalue weighted by molar-refractivity contribution is 9.10. The van der Waals surface area contributed by atoms with Gasteiger partial charge in [0.1, 0.15) is 0 Å². The molecule has 0 spiro atoms. The molecule has 0 atom stereocenters. The lowest BCUT2D eigenvalue weighted by atomic mass is 9.97. The third-order valence-corrected chi connectivity index (χ3v) is 4.50. The first-order chi connectivity index (χ1) is 9.74. The summed E-state index contributed by atoms with van der Waals surface area (Å²) in [5.41, 5.74) is 2.70. The van der Waals surface area contributed by atoms with Crippen LogP contribution in [0.3, 0.4) is 0 Å². The summed E-state index contributed by atoms with van der Waals surface area (Å²) in [5, 5.41) is 12.7. The second-order valence-corrected chi connectivity index (χ2v) is 6.48. The van der Waals surface area contributed by atoms with Gasteiger partial charge in [0.05, 0.1) is 0 Å². The molecule has 1 aliphatic heterocycles. The molecule has 0 aromatic heterocycles. The van der Waals surface area contributed by atoms with Crippen molar-refractivity contribution in [3.8, 4) is 0 Å². The highest BCUT2D eigenvalue weighted by Crippen LogP contribution is 2.29. The maximum Gasteiger partial charge on any atom is 0.0460 e. The van der Waals surface area contributed by atoms with Crippen molar-refractivity contribution in [1.29, 1.82) is 0 Å². The first-order valence-electron chi connectivity index (χ1n) is 7.59. The van der Waals surface area contributed by atoms with Crippen molar-refractivity contribution >= 4 is 21.6 Å². The highest BCUT2D eigenvalue weighted by atomic mass is 79.9. The molecule has 112 valence electrons. The van der Waals surface area contributed by atoms with Gasteiger partial charge in [-0.2, -0.15) is 0 Å².